The summed E-state index contributed by atoms with van der Waals surface area (Å²) in [4.78, 5) is 15.9. The fourth-order valence-electron chi connectivity index (χ4n) is 3.00. The van der Waals surface area contributed by atoms with Gasteiger partial charge in [-0.1, -0.05) is 52.0 Å². The van der Waals surface area contributed by atoms with Crippen LogP contribution in [0.3, 0.4) is 0 Å². The van der Waals surface area contributed by atoms with Crippen molar-refractivity contribution in [3.8, 4) is 5.69 Å². The van der Waals surface area contributed by atoms with Crippen LogP contribution < -0.4 is 0 Å². The van der Waals surface area contributed by atoms with E-state index < -0.39 is 11.2 Å². The molecule has 2 aromatic heterocycles. The number of hydrogen-bond donors (Lipinski definition) is 1. The van der Waals surface area contributed by atoms with Crippen LogP contribution in [0.2, 0.25) is 0 Å². The first kappa shape index (κ1) is 17.1. The van der Waals surface area contributed by atoms with Crippen LogP contribution in [0.1, 0.15) is 6.92 Å². The molecule has 0 bridgehead atoms. The number of carboxylic acid groups (broad SMARTS) is 1. The van der Waals surface area contributed by atoms with Gasteiger partial charge in [-0.05, 0) is 42.6 Å². The van der Waals surface area contributed by atoms with Crippen molar-refractivity contribution in [3.63, 3.8) is 0 Å². The summed E-state index contributed by atoms with van der Waals surface area (Å²) in [5, 5.41) is 12.8. The topological polar surface area (TPSA) is 55.1 Å². The van der Waals surface area contributed by atoms with Gasteiger partial charge < -0.3 is 5.11 Å². The number of rotatable bonds is 4. The Balaban J connectivity index is 2.02. The van der Waals surface area contributed by atoms with E-state index in [-0.39, 0.29) is 0 Å². The van der Waals surface area contributed by atoms with Crippen molar-refractivity contribution in [3.05, 3.63) is 65.3 Å². The summed E-state index contributed by atoms with van der Waals surface area (Å²) in [5.74, 6) is -0.833. The molecule has 4 aromatic rings. The molecule has 2 heterocycles. The molecule has 6 heteroatoms. The largest absolute Gasteiger partial charge is 0.480 e. The third kappa shape index (κ3) is 2.89. The van der Waals surface area contributed by atoms with Crippen molar-refractivity contribution in [2.24, 2.45) is 0 Å². The molecule has 130 valence electrons. The lowest BCUT2D eigenvalue weighted by Gasteiger charge is -2.15. The fraction of sp³-hybridized carbons (Fsp3) is 0.100. The van der Waals surface area contributed by atoms with Crippen molar-refractivity contribution in [2.45, 2.75) is 17.2 Å². The number of aliphatic carboxylic acids is 1. The zero-order chi connectivity index (χ0) is 18.3. The van der Waals surface area contributed by atoms with Gasteiger partial charge in [0.1, 0.15) is 10.9 Å². The number of nitrogens with zero attached hydrogens (tertiary/aromatic N) is 2. The molecular weight excluding hydrogens is 412 g/mol. The first-order valence-corrected chi connectivity index (χ1v) is 9.77. The number of pyridine rings is 1. The number of halogens is 1. The predicted octanol–water partition coefficient (Wildman–Crippen LogP) is 5.51. The smallest absolute Gasteiger partial charge is 0.316 e. The average molecular weight is 427 g/mol. The molecule has 1 N–H and O–H groups in total. The average Bonchev–Trinajstić information content (AvgIpc) is 3.00. The van der Waals surface area contributed by atoms with E-state index in [1.807, 2.05) is 47.0 Å². The Labute approximate surface area is 163 Å². The third-order valence-corrected chi connectivity index (χ3v) is 6.05. The zero-order valence-corrected chi connectivity index (χ0v) is 16.3. The number of carboxylic acids is 1. The molecule has 0 radical (unpaired) electrons. The Hall–Kier alpha value is -2.31. The van der Waals surface area contributed by atoms with Crippen LogP contribution in [-0.2, 0) is 4.79 Å². The molecule has 0 saturated carbocycles. The molecule has 0 fully saturated rings. The van der Waals surface area contributed by atoms with Crippen LogP contribution in [-0.4, -0.2) is 25.9 Å². The lowest BCUT2D eigenvalue weighted by atomic mass is 10.1. The summed E-state index contributed by atoms with van der Waals surface area (Å²) in [7, 11) is 0. The van der Waals surface area contributed by atoms with Crippen LogP contribution in [0.4, 0.5) is 0 Å². The Morgan fingerprint density at radius 2 is 1.92 bits per heavy atom. The van der Waals surface area contributed by atoms with Gasteiger partial charge in [-0.25, -0.2) is 4.98 Å². The maximum atomic E-state index is 11.4. The lowest BCUT2D eigenvalue weighted by Crippen LogP contribution is -2.12. The molecule has 1 atom stereocenters. The molecule has 0 aliphatic heterocycles. The normalized spacial score (nSPS) is 12.5. The second-order valence-electron chi connectivity index (χ2n) is 5.94. The second kappa shape index (κ2) is 6.78. The molecule has 26 heavy (non-hydrogen) atoms. The maximum Gasteiger partial charge on any atom is 0.316 e. The van der Waals surface area contributed by atoms with Crippen LogP contribution in [0.15, 0.2) is 70.3 Å². The number of aromatic nitrogens is 2. The Bertz CT molecular complexity index is 1140. The summed E-state index contributed by atoms with van der Waals surface area (Å²) in [5.41, 5.74) is 1.80. The first-order valence-electron chi connectivity index (χ1n) is 8.10. The Kier molecular flexibility index (Phi) is 4.46. The van der Waals surface area contributed by atoms with Crippen LogP contribution in [0.25, 0.3) is 27.5 Å². The molecule has 4 nitrogen and oxygen atoms in total. The van der Waals surface area contributed by atoms with E-state index in [0.717, 1.165) is 37.0 Å². The molecule has 0 aliphatic carbocycles. The monoisotopic (exact) mass is 426 g/mol. The predicted molar refractivity (Wildman–Crippen MR) is 109 cm³/mol. The summed E-state index contributed by atoms with van der Waals surface area (Å²) in [6.07, 6.45) is 1.76. The van der Waals surface area contributed by atoms with E-state index in [2.05, 4.69) is 33.0 Å². The molecule has 0 saturated heterocycles. The molecule has 1 unspecified atom stereocenters. The molecule has 4 rings (SSSR count). The molecule has 0 amide bonds. The van der Waals surface area contributed by atoms with Crippen molar-refractivity contribution < 1.29 is 9.90 Å². The van der Waals surface area contributed by atoms with Gasteiger partial charge in [0.05, 0.1) is 10.7 Å². The Morgan fingerprint density at radius 1 is 1.15 bits per heavy atom. The van der Waals surface area contributed by atoms with E-state index in [9.17, 15) is 9.90 Å². The van der Waals surface area contributed by atoms with Crippen molar-refractivity contribution >= 4 is 55.5 Å². The number of hydrogen-bond acceptors (Lipinski definition) is 3. The third-order valence-electron chi connectivity index (χ3n) is 4.26. The fourth-order valence-corrected chi connectivity index (χ4v) is 4.43. The van der Waals surface area contributed by atoms with Crippen LogP contribution in [0.5, 0.6) is 0 Å². The molecule has 0 aliphatic rings. The van der Waals surface area contributed by atoms with Crippen molar-refractivity contribution in [2.75, 3.05) is 0 Å². The quantitative estimate of drug-likeness (QED) is 0.437. The van der Waals surface area contributed by atoms with E-state index in [1.165, 1.54) is 11.8 Å². The minimum absolute atomic E-state index is 0.556. The van der Waals surface area contributed by atoms with Gasteiger partial charge in [-0.3, -0.25) is 9.36 Å². The summed E-state index contributed by atoms with van der Waals surface area (Å²) < 4.78 is 3.07. The number of benzene rings is 2. The zero-order valence-electron chi connectivity index (χ0n) is 13.9. The lowest BCUT2D eigenvalue weighted by molar-refractivity contribution is -0.136. The van der Waals surface area contributed by atoms with E-state index >= 15 is 0 Å². The van der Waals surface area contributed by atoms with Gasteiger partial charge in [0.15, 0.2) is 0 Å². The SMILES string of the molecule is CC(Sc1cc2cccnc2n1-c1ccc(Br)c2ccccc12)C(=O)O. The van der Waals surface area contributed by atoms with Gasteiger partial charge in [0, 0.05) is 21.4 Å². The highest BCUT2D eigenvalue weighted by atomic mass is 79.9. The maximum absolute atomic E-state index is 11.4. The minimum Gasteiger partial charge on any atom is -0.480 e. The summed E-state index contributed by atoms with van der Waals surface area (Å²) >= 11 is 4.94. The highest BCUT2D eigenvalue weighted by molar-refractivity contribution is 9.10. The van der Waals surface area contributed by atoms with Crippen LogP contribution >= 0.6 is 27.7 Å². The molecule has 2 aromatic carbocycles. The number of thioether (sulfide) groups is 1. The standard InChI is InChI=1S/C20H15BrN2O2S/c1-12(20(24)25)26-18-11-13-5-4-10-22-19(13)23(18)17-9-8-16(21)14-6-2-3-7-15(14)17/h2-12H,1H3,(H,24,25). The second-order valence-corrected chi connectivity index (χ2v) is 8.16. The van der Waals surface area contributed by atoms with Gasteiger partial charge in [0.25, 0.3) is 0 Å². The van der Waals surface area contributed by atoms with Crippen molar-refractivity contribution in [1.29, 1.82) is 0 Å². The summed E-state index contributed by atoms with van der Waals surface area (Å²) in [6.45, 7) is 1.70. The Morgan fingerprint density at radius 3 is 2.69 bits per heavy atom. The summed E-state index contributed by atoms with van der Waals surface area (Å²) in [6, 6.07) is 18.1. The van der Waals surface area contributed by atoms with Gasteiger partial charge >= 0.3 is 5.97 Å². The number of fused-ring (bicyclic) bond motifs is 2. The number of carbonyl (C=O) groups is 1. The van der Waals surface area contributed by atoms with Gasteiger partial charge in [-0.15, -0.1) is 0 Å². The minimum atomic E-state index is -0.833. The molecule has 0 spiro atoms. The van der Waals surface area contributed by atoms with E-state index in [0.29, 0.717) is 0 Å². The van der Waals surface area contributed by atoms with Crippen molar-refractivity contribution in [1.82, 2.24) is 9.55 Å². The van der Waals surface area contributed by atoms with Crippen LogP contribution in [0, 0.1) is 0 Å². The highest BCUT2D eigenvalue weighted by Gasteiger charge is 2.20. The first-order chi connectivity index (χ1) is 12.6. The van der Waals surface area contributed by atoms with E-state index in [4.69, 9.17) is 0 Å². The van der Waals surface area contributed by atoms with Gasteiger partial charge in [0.2, 0.25) is 0 Å². The van der Waals surface area contributed by atoms with E-state index in [1.54, 1.807) is 13.1 Å². The highest BCUT2D eigenvalue weighted by Crippen LogP contribution is 2.36. The van der Waals surface area contributed by atoms with Gasteiger partial charge in [-0.2, -0.15) is 0 Å². The molecular formula is C20H15BrN2O2S.